The highest BCUT2D eigenvalue weighted by Crippen LogP contribution is 2.40. The van der Waals surface area contributed by atoms with Crippen LogP contribution >= 0.6 is 23.6 Å². The molecule has 34 heavy (non-hydrogen) atoms. The molecule has 0 bridgehead atoms. The Balaban J connectivity index is 1.48. The van der Waals surface area contributed by atoms with E-state index in [-0.39, 0.29) is 12.1 Å². The molecule has 7 nitrogen and oxygen atoms in total. The smallest absolute Gasteiger partial charge is 0.326 e. The van der Waals surface area contributed by atoms with E-state index in [0.717, 1.165) is 28.2 Å². The summed E-state index contributed by atoms with van der Waals surface area (Å²) in [7, 11) is 3.58. The minimum Gasteiger partial charge on any atom is -0.456 e. The van der Waals surface area contributed by atoms with Crippen LogP contribution in [0.4, 0.5) is 11.4 Å². The molecule has 2 heterocycles. The van der Waals surface area contributed by atoms with Crippen LogP contribution in [0.3, 0.4) is 0 Å². The molecule has 1 aromatic heterocycles. The van der Waals surface area contributed by atoms with Crippen LogP contribution in [0, 0.1) is 22.2 Å². The summed E-state index contributed by atoms with van der Waals surface area (Å²) in [4.78, 5) is 29.0. The van der Waals surface area contributed by atoms with E-state index in [1.54, 1.807) is 28.5 Å². The summed E-state index contributed by atoms with van der Waals surface area (Å²) < 4.78 is 7.48. The summed E-state index contributed by atoms with van der Waals surface area (Å²) in [6.07, 6.45) is 0. The third-order valence-corrected chi connectivity index (χ3v) is 6.91. The van der Waals surface area contributed by atoms with Crippen molar-refractivity contribution >= 4 is 46.7 Å². The van der Waals surface area contributed by atoms with Gasteiger partial charge in [-0.25, -0.2) is 0 Å². The third kappa shape index (κ3) is 4.38. The number of aryl methyl sites for hydroxylation is 1. The predicted molar refractivity (Wildman–Crippen MR) is 135 cm³/mol. The maximum absolute atomic E-state index is 12.9. The Kier molecular flexibility index (Phi) is 6.63. The Morgan fingerprint density at radius 1 is 1.06 bits per heavy atom. The number of anilines is 2. The summed E-state index contributed by atoms with van der Waals surface area (Å²) >= 11 is 6.75. The van der Waals surface area contributed by atoms with E-state index in [0.29, 0.717) is 9.78 Å². The van der Waals surface area contributed by atoms with Crippen molar-refractivity contribution in [1.29, 1.82) is 5.26 Å². The normalized spacial score (nSPS) is 12.4. The van der Waals surface area contributed by atoms with Crippen LogP contribution in [0.25, 0.3) is 11.3 Å². The molecule has 3 aromatic rings. The molecule has 0 N–H and O–H groups in total. The summed E-state index contributed by atoms with van der Waals surface area (Å²) in [5.74, 6) is -0.716. The molecule has 9 heteroatoms. The molecular weight excluding hydrogens is 468 g/mol. The van der Waals surface area contributed by atoms with Gasteiger partial charge in [0.1, 0.15) is 24.0 Å². The molecule has 1 aliphatic rings. The molecule has 0 saturated heterocycles. The number of hydrogen-bond donors (Lipinski definition) is 0. The van der Waals surface area contributed by atoms with E-state index in [4.69, 9.17) is 17.0 Å². The zero-order valence-corrected chi connectivity index (χ0v) is 20.6. The Morgan fingerprint density at radius 2 is 1.68 bits per heavy atom. The Morgan fingerprint density at radius 3 is 2.26 bits per heavy atom. The number of nitriles is 1. The van der Waals surface area contributed by atoms with Crippen LogP contribution in [0.15, 0.2) is 65.3 Å². The third-order valence-electron chi connectivity index (χ3n) is 5.64. The van der Waals surface area contributed by atoms with Gasteiger partial charge in [-0.1, -0.05) is 42.0 Å². The highest BCUT2D eigenvalue weighted by molar-refractivity contribution is 7.73. The average molecular weight is 491 g/mol. The van der Waals surface area contributed by atoms with Crippen molar-refractivity contribution in [3.8, 4) is 17.3 Å². The molecule has 2 aromatic carbocycles. The van der Waals surface area contributed by atoms with Gasteiger partial charge in [0.15, 0.2) is 10.6 Å². The maximum Gasteiger partial charge on any atom is 0.326 e. The summed E-state index contributed by atoms with van der Waals surface area (Å²) in [5.41, 5.74) is 4.57. The van der Waals surface area contributed by atoms with Crippen molar-refractivity contribution in [2.75, 3.05) is 30.5 Å². The first-order valence-corrected chi connectivity index (χ1v) is 11.8. The molecule has 0 saturated carbocycles. The second kappa shape index (κ2) is 9.63. The van der Waals surface area contributed by atoms with Crippen LogP contribution in [0.1, 0.15) is 5.56 Å². The van der Waals surface area contributed by atoms with Gasteiger partial charge >= 0.3 is 5.97 Å². The molecule has 0 spiro atoms. The first-order chi connectivity index (χ1) is 16.3. The SMILES string of the molecule is Cc1ccc(-c2csc(=S)n2CC(=O)OCC(=O)C(C#N)=C2N(C)c3ccccc3N2C)cc1. The fraction of sp³-hybridized carbons (Fsp3) is 0.200. The number of benzene rings is 2. The zero-order valence-electron chi connectivity index (χ0n) is 18.9. The lowest BCUT2D eigenvalue weighted by Gasteiger charge is -2.19. The molecule has 0 unspecified atom stereocenters. The molecule has 4 rings (SSSR count). The highest BCUT2D eigenvalue weighted by Gasteiger charge is 2.31. The van der Waals surface area contributed by atoms with E-state index in [2.05, 4.69) is 0 Å². The van der Waals surface area contributed by atoms with Gasteiger partial charge in [-0.05, 0) is 36.8 Å². The van der Waals surface area contributed by atoms with Gasteiger partial charge in [0, 0.05) is 19.5 Å². The van der Waals surface area contributed by atoms with E-state index in [1.807, 2.05) is 66.9 Å². The van der Waals surface area contributed by atoms with Crippen molar-refractivity contribution in [2.24, 2.45) is 0 Å². The lowest BCUT2D eigenvalue weighted by Crippen LogP contribution is -2.28. The van der Waals surface area contributed by atoms with Crippen LogP contribution < -0.4 is 9.80 Å². The number of esters is 1. The second-order valence-electron chi connectivity index (χ2n) is 7.84. The molecule has 0 aliphatic carbocycles. The first kappa shape index (κ1) is 23.4. The van der Waals surface area contributed by atoms with Crippen molar-refractivity contribution in [3.63, 3.8) is 0 Å². The number of para-hydroxylation sites is 2. The fourth-order valence-electron chi connectivity index (χ4n) is 3.88. The van der Waals surface area contributed by atoms with Gasteiger partial charge in [-0.2, -0.15) is 5.26 Å². The van der Waals surface area contributed by atoms with Crippen molar-refractivity contribution in [1.82, 2.24) is 4.57 Å². The largest absolute Gasteiger partial charge is 0.456 e. The molecule has 1 aliphatic heterocycles. The minimum absolute atomic E-state index is 0.0681. The monoisotopic (exact) mass is 490 g/mol. The number of rotatable bonds is 6. The maximum atomic E-state index is 12.9. The van der Waals surface area contributed by atoms with E-state index in [1.165, 1.54) is 11.3 Å². The Bertz CT molecular complexity index is 1370. The van der Waals surface area contributed by atoms with Crippen molar-refractivity contribution in [3.05, 3.63) is 74.8 Å². The molecule has 0 atom stereocenters. The molecule has 0 radical (unpaired) electrons. The topological polar surface area (TPSA) is 78.6 Å². The average Bonchev–Trinajstić information content (AvgIpc) is 3.31. The van der Waals surface area contributed by atoms with Crippen LogP contribution in [0.2, 0.25) is 0 Å². The van der Waals surface area contributed by atoms with Crippen molar-refractivity contribution < 1.29 is 14.3 Å². The quantitative estimate of drug-likeness (QED) is 0.215. The van der Waals surface area contributed by atoms with Crippen LogP contribution in [-0.4, -0.2) is 37.0 Å². The molecule has 0 amide bonds. The summed E-state index contributed by atoms with van der Waals surface area (Å²) in [6, 6.07) is 17.5. The second-order valence-corrected chi connectivity index (χ2v) is 9.34. The summed E-state index contributed by atoms with van der Waals surface area (Å²) in [5, 5.41) is 11.6. The lowest BCUT2D eigenvalue weighted by atomic mass is 10.1. The van der Waals surface area contributed by atoms with Crippen molar-refractivity contribution in [2.45, 2.75) is 13.5 Å². The number of Topliss-reactive ketones (excluding diaryl/α,β-unsaturated/α-hetero) is 1. The number of aromatic nitrogens is 1. The number of thiazole rings is 1. The number of carbonyl (C=O) groups is 2. The number of carbonyl (C=O) groups excluding carboxylic acids is 2. The minimum atomic E-state index is -0.602. The fourth-order valence-corrected chi connectivity index (χ4v) is 4.95. The van der Waals surface area contributed by atoms with Gasteiger partial charge < -0.3 is 19.1 Å². The lowest BCUT2D eigenvalue weighted by molar-refractivity contribution is -0.147. The molecule has 0 fully saturated rings. The zero-order chi connectivity index (χ0) is 24.4. The van der Waals surface area contributed by atoms with Gasteiger partial charge in [0.2, 0.25) is 5.78 Å². The van der Waals surface area contributed by atoms with Gasteiger partial charge in [0.05, 0.1) is 17.1 Å². The Hall–Kier alpha value is -3.74. The first-order valence-electron chi connectivity index (χ1n) is 10.5. The van der Waals surface area contributed by atoms with E-state index < -0.39 is 18.4 Å². The number of ketones is 1. The Labute approximate surface area is 206 Å². The van der Waals surface area contributed by atoms with E-state index >= 15 is 0 Å². The number of hydrogen-bond acceptors (Lipinski definition) is 8. The molecule has 172 valence electrons. The summed E-state index contributed by atoms with van der Waals surface area (Å²) in [6.45, 7) is 1.35. The molecular formula is C25H22N4O3S2. The standard InChI is InChI=1S/C25H22N4O3S2/c1-16-8-10-17(11-9-16)21-15-34-25(33)29(21)13-23(31)32-14-22(30)18(12-26)24-27(2)19-6-4-5-7-20(19)28(24)3/h4-11,15H,13-14H2,1-3H3. The van der Waals surface area contributed by atoms with Gasteiger partial charge in [-0.15, -0.1) is 11.3 Å². The number of ether oxygens (including phenoxy) is 1. The number of fused-ring (bicyclic) bond motifs is 1. The van der Waals surface area contributed by atoms with Crippen LogP contribution in [0.5, 0.6) is 0 Å². The van der Waals surface area contributed by atoms with Gasteiger partial charge in [-0.3, -0.25) is 9.59 Å². The predicted octanol–water partition coefficient (Wildman–Crippen LogP) is 4.69. The van der Waals surface area contributed by atoms with Gasteiger partial charge in [0.25, 0.3) is 0 Å². The van der Waals surface area contributed by atoms with E-state index in [9.17, 15) is 14.9 Å². The number of nitrogens with zero attached hydrogens (tertiary/aromatic N) is 4. The van der Waals surface area contributed by atoms with Crippen LogP contribution in [-0.2, 0) is 20.9 Å². The highest BCUT2D eigenvalue weighted by atomic mass is 32.1.